The molecule has 0 bridgehead atoms. The summed E-state index contributed by atoms with van der Waals surface area (Å²) in [7, 11) is 0. The van der Waals surface area contributed by atoms with Crippen molar-refractivity contribution in [1.29, 1.82) is 0 Å². The van der Waals surface area contributed by atoms with Gasteiger partial charge in [0.1, 0.15) is 0 Å². The van der Waals surface area contributed by atoms with Gasteiger partial charge in [-0.25, -0.2) is 0 Å². The van der Waals surface area contributed by atoms with E-state index < -0.39 is 0 Å². The van der Waals surface area contributed by atoms with Crippen LogP contribution in [0.4, 0.5) is 0 Å². The van der Waals surface area contributed by atoms with Crippen molar-refractivity contribution in [3.63, 3.8) is 0 Å². The summed E-state index contributed by atoms with van der Waals surface area (Å²) >= 11 is 6.07. The van der Waals surface area contributed by atoms with Gasteiger partial charge < -0.3 is 4.90 Å². The molecule has 0 fully saturated rings. The molecule has 0 radical (unpaired) electrons. The number of hydrogen-bond donors (Lipinski definition) is 0. The smallest absolute Gasteiger partial charge is 0.255 e. The first kappa shape index (κ1) is 12.8. The van der Waals surface area contributed by atoms with Crippen molar-refractivity contribution in [3.05, 3.63) is 40.9 Å². The molecule has 0 heterocycles. The monoisotopic (exact) mass is 237 g/mol. The molecule has 3 heteroatoms. The third kappa shape index (κ3) is 2.64. The molecule has 0 aromatic heterocycles. The predicted molar refractivity (Wildman–Crippen MR) is 68.8 cm³/mol. The lowest BCUT2D eigenvalue weighted by molar-refractivity contribution is 0.0773. The zero-order valence-corrected chi connectivity index (χ0v) is 10.4. The van der Waals surface area contributed by atoms with Crippen LogP contribution in [0.1, 0.15) is 29.8 Å². The van der Waals surface area contributed by atoms with Crippen molar-refractivity contribution < 1.29 is 4.79 Å². The Morgan fingerprint density at radius 1 is 1.44 bits per heavy atom. The van der Waals surface area contributed by atoms with Crippen molar-refractivity contribution in [1.82, 2.24) is 4.90 Å². The van der Waals surface area contributed by atoms with E-state index in [9.17, 15) is 4.79 Å². The fourth-order valence-electron chi connectivity index (χ4n) is 1.51. The third-order valence-corrected chi connectivity index (χ3v) is 2.82. The van der Waals surface area contributed by atoms with E-state index in [1.165, 1.54) is 0 Å². The van der Waals surface area contributed by atoms with Gasteiger partial charge in [0, 0.05) is 13.1 Å². The lowest BCUT2D eigenvalue weighted by Crippen LogP contribution is -2.30. The Bertz CT molecular complexity index is 397. The molecule has 0 N–H and O–H groups in total. The Labute approximate surface area is 102 Å². The lowest BCUT2D eigenvalue weighted by Gasteiger charge is -2.19. The van der Waals surface area contributed by atoms with Crippen molar-refractivity contribution in [2.75, 3.05) is 13.1 Å². The van der Waals surface area contributed by atoms with Gasteiger partial charge in [-0.15, -0.1) is 0 Å². The summed E-state index contributed by atoms with van der Waals surface area (Å²) in [6.45, 7) is 8.94. The van der Waals surface area contributed by atoms with E-state index in [2.05, 4.69) is 6.58 Å². The number of amides is 1. The van der Waals surface area contributed by atoms with E-state index in [4.69, 9.17) is 11.6 Å². The molecule has 0 aliphatic carbocycles. The number of hydrogen-bond acceptors (Lipinski definition) is 1. The van der Waals surface area contributed by atoms with Crippen molar-refractivity contribution in [2.24, 2.45) is 0 Å². The number of carbonyl (C=O) groups excluding carboxylic acids is 1. The maximum atomic E-state index is 12.0. The van der Waals surface area contributed by atoms with Gasteiger partial charge in [-0.3, -0.25) is 4.79 Å². The average molecular weight is 238 g/mol. The summed E-state index contributed by atoms with van der Waals surface area (Å²) < 4.78 is 0. The van der Waals surface area contributed by atoms with Crippen LogP contribution >= 0.6 is 11.6 Å². The van der Waals surface area contributed by atoms with Gasteiger partial charge in [0.25, 0.3) is 5.91 Å². The van der Waals surface area contributed by atoms with E-state index in [0.717, 1.165) is 5.56 Å². The minimum Gasteiger partial charge on any atom is -0.339 e. The Morgan fingerprint density at radius 2 is 2.06 bits per heavy atom. The minimum atomic E-state index is -0.0226. The Kier molecular flexibility index (Phi) is 4.56. The normalized spacial score (nSPS) is 9.94. The van der Waals surface area contributed by atoms with E-state index in [1.54, 1.807) is 23.1 Å². The zero-order chi connectivity index (χ0) is 12.1. The van der Waals surface area contributed by atoms with Crippen LogP contribution in [0.25, 0.3) is 6.08 Å². The molecule has 1 amide bonds. The van der Waals surface area contributed by atoms with Gasteiger partial charge in [-0.05, 0) is 31.5 Å². The zero-order valence-electron chi connectivity index (χ0n) is 9.66. The Morgan fingerprint density at radius 3 is 2.50 bits per heavy atom. The fourth-order valence-corrected chi connectivity index (χ4v) is 1.78. The topological polar surface area (TPSA) is 20.3 Å². The minimum absolute atomic E-state index is 0.0226. The summed E-state index contributed by atoms with van der Waals surface area (Å²) in [5.74, 6) is -0.0226. The summed E-state index contributed by atoms with van der Waals surface area (Å²) in [4.78, 5) is 13.8. The molecule has 1 rings (SSSR count). The van der Waals surface area contributed by atoms with Crippen LogP contribution in [0.15, 0.2) is 24.8 Å². The molecule has 0 unspecified atom stereocenters. The van der Waals surface area contributed by atoms with Crippen LogP contribution in [0.2, 0.25) is 5.02 Å². The number of halogens is 1. The standard InChI is InChI=1S/C13H16ClNO/c1-4-10-7-8-11(12(14)9-10)13(16)15(5-2)6-3/h4,7-9H,1,5-6H2,2-3H3. The Balaban J connectivity index is 3.04. The molecule has 0 aliphatic rings. The molecule has 0 spiro atoms. The Hall–Kier alpha value is -1.28. The molecule has 86 valence electrons. The molecule has 0 saturated heterocycles. The second-order valence-electron chi connectivity index (χ2n) is 3.42. The van der Waals surface area contributed by atoms with E-state index in [1.807, 2.05) is 19.9 Å². The molecule has 1 aromatic carbocycles. The molecule has 0 aliphatic heterocycles. The van der Waals surface area contributed by atoms with Gasteiger partial charge >= 0.3 is 0 Å². The van der Waals surface area contributed by atoms with Crippen LogP contribution in [0.3, 0.4) is 0 Å². The average Bonchev–Trinajstić information content (AvgIpc) is 2.30. The number of rotatable bonds is 4. The highest BCUT2D eigenvalue weighted by Crippen LogP contribution is 2.20. The molecular formula is C13H16ClNO. The molecule has 2 nitrogen and oxygen atoms in total. The number of nitrogens with zero attached hydrogens (tertiary/aromatic N) is 1. The van der Waals surface area contributed by atoms with Crippen LogP contribution in [0, 0.1) is 0 Å². The van der Waals surface area contributed by atoms with Gasteiger partial charge in [-0.1, -0.05) is 30.3 Å². The van der Waals surface area contributed by atoms with Gasteiger partial charge in [-0.2, -0.15) is 0 Å². The quantitative estimate of drug-likeness (QED) is 0.785. The summed E-state index contributed by atoms with van der Waals surface area (Å²) in [5.41, 5.74) is 1.47. The molecule has 16 heavy (non-hydrogen) atoms. The largest absolute Gasteiger partial charge is 0.339 e. The second-order valence-corrected chi connectivity index (χ2v) is 3.83. The fraction of sp³-hybridized carbons (Fsp3) is 0.308. The highest BCUT2D eigenvalue weighted by molar-refractivity contribution is 6.34. The number of carbonyl (C=O) groups is 1. The highest BCUT2D eigenvalue weighted by atomic mass is 35.5. The SMILES string of the molecule is C=Cc1ccc(C(=O)N(CC)CC)c(Cl)c1. The maximum absolute atomic E-state index is 12.0. The lowest BCUT2D eigenvalue weighted by atomic mass is 10.1. The van der Waals surface area contributed by atoms with Crippen LogP contribution in [-0.4, -0.2) is 23.9 Å². The maximum Gasteiger partial charge on any atom is 0.255 e. The molecule has 0 atom stereocenters. The van der Waals surface area contributed by atoms with Gasteiger partial charge in [0.2, 0.25) is 0 Å². The van der Waals surface area contributed by atoms with Crippen LogP contribution < -0.4 is 0 Å². The van der Waals surface area contributed by atoms with E-state index in [-0.39, 0.29) is 5.91 Å². The summed E-state index contributed by atoms with van der Waals surface area (Å²) in [5, 5.41) is 0.481. The molecular weight excluding hydrogens is 222 g/mol. The predicted octanol–water partition coefficient (Wildman–Crippen LogP) is 3.47. The van der Waals surface area contributed by atoms with E-state index >= 15 is 0 Å². The van der Waals surface area contributed by atoms with E-state index in [0.29, 0.717) is 23.7 Å². The van der Waals surface area contributed by atoms with Gasteiger partial charge in [0.15, 0.2) is 0 Å². The van der Waals surface area contributed by atoms with Gasteiger partial charge in [0.05, 0.1) is 10.6 Å². The summed E-state index contributed by atoms with van der Waals surface area (Å²) in [6.07, 6.45) is 1.71. The van der Waals surface area contributed by atoms with Crippen LogP contribution in [0.5, 0.6) is 0 Å². The first-order valence-corrected chi connectivity index (χ1v) is 5.73. The molecule has 0 saturated carbocycles. The van der Waals surface area contributed by atoms with Crippen molar-refractivity contribution >= 4 is 23.6 Å². The first-order valence-electron chi connectivity index (χ1n) is 5.35. The molecule has 1 aromatic rings. The summed E-state index contributed by atoms with van der Waals surface area (Å²) in [6, 6.07) is 5.35. The van der Waals surface area contributed by atoms with Crippen LogP contribution in [-0.2, 0) is 0 Å². The number of benzene rings is 1. The van der Waals surface area contributed by atoms with Crippen molar-refractivity contribution in [3.8, 4) is 0 Å². The highest BCUT2D eigenvalue weighted by Gasteiger charge is 2.15. The van der Waals surface area contributed by atoms with Crippen molar-refractivity contribution in [2.45, 2.75) is 13.8 Å². The third-order valence-electron chi connectivity index (χ3n) is 2.51. The first-order chi connectivity index (χ1) is 7.63. The second kappa shape index (κ2) is 5.71.